The van der Waals surface area contributed by atoms with E-state index in [9.17, 15) is 4.39 Å². The molecule has 20 heavy (non-hydrogen) atoms. The molecule has 3 heteroatoms. The monoisotopic (exact) mass is 281 g/mol. The average Bonchev–Trinajstić information content (AvgIpc) is 2.37. The molecule has 0 aliphatic carbocycles. The summed E-state index contributed by atoms with van der Waals surface area (Å²) in [6, 6.07) is 5.38. The number of halogens is 1. The number of rotatable bonds is 6. The minimum Gasteiger partial charge on any atom is -0.494 e. The molecule has 1 N–H and O–H groups in total. The summed E-state index contributed by atoms with van der Waals surface area (Å²) < 4.78 is 19.5. The van der Waals surface area contributed by atoms with Gasteiger partial charge < -0.3 is 10.1 Å². The number of methoxy groups -OCH3 is 1. The molecule has 1 aromatic rings. The molecule has 0 aliphatic rings. The van der Waals surface area contributed by atoms with Crippen LogP contribution in [0.25, 0.3) is 0 Å². The smallest absolute Gasteiger partial charge is 0.169 e. The second kappa shape index (κ2) is 7.07. The molecule has 0 fully saturated rings. The summed E-state index contributed by atoms with van der Waals surface area (Å²) >= 11 is 0. The van der Waals surface area contributed by atoms with Crippen molar-refractivity contribution in [3.8, 4) is 5.75 Å². The second-order valence-corrected chi connectivity index (χ2v) is 6.48. The van der Waals surface area contributed by atoms with Gasteiger partial charge in [-0.05, 0) is 30.4 Å². The highest BCUT2D eigenvalue weighted by molar-refractivity contribution is 5.33. The summed E-state index contributed by atoms with van der Waals surface area (Å²) in [6.07, 6.45) is 0.904. The lowest BCUT2D eigenvalue weighted by molar-refractivity contribution is 0.222. The lowest BCUT2D eigenvalue weighted by atomic mass is 9.77. The van der Waals surface area contributed by atoms with Crippen molar-refractivity contribution in [3.05, 3.63) is 29.6 Å². The zero-order valence-electron chi connectivity index (χ0n) is 13.6. The van der Waals surface area contributed by atoms with Crippen molar-refractivity contribution in [1.82, 2.24) is 5.32 Å². The molecule has 0 aliphatic heterocycles. The zero-order chi connectivity index (χ0) is 15.3. The zero-order valence-corrected chi connectivity index (χ0v) is 13.6. The summed E-state index contributed by atoms with van der Waals surface area (Å²) in [4.78, 5) is 0. The molecule has 0 amide bonds. The molecular weight excluding hydrogens is 253 g/mol. The topological polar surface area (TPSA) is 21.3 Å². The fourth-order valence-corrected chi connectivity index (χ4v) is 2.23. The van der Waals surface area contributed by atoms with Crippen LogP contribution in [0.1, 0.15) is 52.6 Å². The summed E-state index contributed by atoms with van der Waals surface area (Å²) in [7, 11) is 1.50. The quantitative estimate of drug-likeness (QED) is 0.825. The molecule has 1 rings (SSSR count). The minimum absolute atomic E-state index is 0.0179. The predicted molar refractivity (Wildman–Crippen MR) is 82.6 cm³/mol. The molecule has 114 valence electrons. The molecule has 0 heterocycles. The first-order valence-electron chi connectivity index (χ1n) is 7.37. The van der Waals surface area contributed by atoms with Gasteiger partial charge in [0.05, 0.1) is 7.11 Å². The highest BCUT2D eigenvalue weighted by Gasteiger charge is 2.26. The molecule has 0 saturated heterocycles. The van der Waals surface area contributed by atoms with Crippen molar-refractivity contribution in [2.75, 3.05) is 13.7 Å². The van der Waals surface area contributed by atoms with E-state index in [0.717, 1.165) is 13.0 Å². The van der Waals surface area contributed by atoms with Gasteiger partial charge in [-0.15, -0.1) is 0 Å². The van der Waals surface area contributed by atoms with Crippen LogP contribution in [0, 0.1) is 17.2 Å². The molecular formula is C17H28FNO. The fraction of sp³-hybridized carbons (Fsp3) is 0.647. The molecule has 1 aromatic carbocycles. The summed E-state index contributed by atoms with van der Waals surface area (Å²) in [5.74, 6) is 0.549. The Morgan fingerprint density at radius 1 is 1.30 bits per heavy atom. The number of nitrogens with one attached hydrogen (secondary N) is 1. The van der Waals surface area contributed by atoms with Crippen LogP contribution >= 0.6 is 0 Å². The second-order valence-electron chi connectivity index (χ2n) is 6.48. The maximum Gasteiger partial charge on any atom is 0.169 e. The summed E-state index contributed by atoms with van der Waals surface area (Å²) in [6.45, 7) is 11.8. The average molecular weight is 281 g/mol. The first-order chi connectivity index (χ1) is 9.31. The van der Waals surface area contributed by atoms with Crippen LogP contribution in [0.2, 0.25) is 0 Å². The van der Waals surface area contributed by atoms with Crippen LogP contribution in [0.5, 0.6) is 5.75 Å². The number of hydrogen-bond donors (Lipinski definition) is 1. The van der Waals surface area contributed by atoms with Crippen molar-refractivity contribution < 1.29 is 9.13 Å². The first-order valence-corrected chi connectivity index (χ1v) is 7.37. The van der Waals surface area contributed by atoms with Crippen molar-refractivity contribution in [2.24, 2.45) is 11.3 Å². The number of benzene rings is 1. The van der Waals surface area contributed by atoms with E-state index in [-0.39, 0.29) is 17.3 Å². The molecule has 0 saturated carbocycles. The van der Waals surface area contributed by atoms with Crippen molar-refractivity contribution in [1.29, 1.82) is 0 Å². The maximum absolute atomic E-state index is 14.4. The van der Waals surface area contributed by atoms with Gasteiger partial charge in [0, 0.05) is 11.6 Å². The molecule has 0 radical (unpaired) electrons. The lowest BCUT2D eigenvalue weighted by Crippen LogP contribution is -2.28. The van der Waals surface area contributed by atoms with Gasteiger partial charge in [-0.1, -0.05) is 46.8 Å². The van der Waals surface area contributed by atoms with E-state index in [1.165, 1.54) is 7.11 Å². The Morgan fingerprint density at radius 2 is 1.95 bits per heavy atom. The van der Waals surface area contributed by atoms with Crippen molar-refractivity contribution >= 4 is 0 Å². The van der Waals surface area contributed by atoms with Crippen LogP contribution in [0.15, 0.2) is 18.2 Å². The van der Waals surface area contributed by atoms with Gasteiger partial charge in [0.25, 0.3) is 0 Å². The Morgan fingerprint density at radius 3 is 2.45 bits per heavy atom. The molecule has 0 bridgehead atoms. The fourth-order valence-electron chi connectivity index (χ4n) is 2.23. The highest BCUT2D eigenvalue weighted by Crippen LogP contribution is 2.35. The predicted octanol–water partition coefficient (Wildman–Crippen LogP) is 4.56. The van der Waals surface area contributed by atoms with Crippen molar-refractivity contribution in [2.45, 2.75) is 47.1 Å². The van der Waals surface area contributed by atoms with E-state index in [1.807, 2.05) is 19.1 Å². The van der Waals surface area contributed by atoms with Gasteiger partial charge >= 0.3 is 0 Å². The first kappa shape index (κ1) is 17.0. The van der Waals surface area contributed by atoms with Gasteiger partial charge in [0.2, 0.25) is 0 Å². The normalized spacial score (nSPS) is 14.9. The maximum atomic E-state index is 14.4. The Balaban J connectivity index is 3.02. The Kier molecular flexibility index (Phi) is 6.00. The van der Waals surface area contributed by atoms with E-state index in [0.29, 0.717) is 17.2 Å². The third-order valence-corrected chi connectivity index (χ3v) is 4.11. The van der Waals surface area contributed by atoms with Gasteiger partial charge in [0.15, 0.2) is 11.6 Å². The third kappa shape index (κ3) is 4.20. The minimum atomic E-state index is -0.248. The molecule has 0 spiro atoms. The largest absolute Gasteiger partial charge is 0.494 e. The third-order valence-electron chi connectivity index (χ3n) is 4.11. The van der Waals surface area contributed by atoms with Crippen LogP contribution < -0.4 is 10.1 Å². The van der Waals surface area contributed by atoms with Crippen molar-refractivity contribution in [3.63, 3.8) is 0 Å². The Labute approximate surface area is 122 Å². The van der Waals surface area contributed by atoms with Gasteiger partial charge in [-0.25, -0.2) is 4.39 Å². The van der Waals surface area contributed by atoms with E-state index < -0.39 is 0 Å². The standard InChI is InChI=1S/C17H28FNO/c1-7-19-14(11-12(2)17(3,4)5)13-9-8-10-15(20-6)16(13)18/h8-10,12,14,19H,7,11H2,1-6H3. The van der Waals surface area contributed by atoms with Crippen LogP contribution in [0.4, 0.5) is 4.39 Å². The molecule has 2 nitrogen and oxygen atoms in total. The van der Waals surface area contributed by atoms with E-state index in [2.05, 4.69) is 33.0 Å². The molecule has 0 aromatic heterocycles. The molecule has 2 atom stereocenters. The number of hydrogen-bond acceptors (Lipinski definition) is 2. The van der Waals surface area contributed by atoms with Gasteiger partial charge in [-0.3, -0.25) is 0 Å². The number of ether oxygens (including phenoxy) is 1. The Bertz CT molecular complexity index is 425. The molecule has 2 unspecified atom stereocenters. The van der Waals surface area contributed by atoms with Crippen LogP contribution in [-0.2, 0) is 0 Å². The van der Waals surface area contributed by atoms with E-state index in [1.54, 1.807) is 6.07 Å². The van der Waals surface area contributed by atoms with Gasteiger partial charge in [-0.2, -0.15) is 0 Å². The summed E-state index contributed by atoms with van der Waals surface area (Å²) in [5, 5.41) is 3.40. The summed E-state index contributed by atoms with van der Waals surface area (Å²) in [5.41, 5.74) is 0.908. The Hall–Kier alpha value is -1.09. The van der Waals surface area contributed by atoms with Crippen LogP contribution in [0.3, 0.4) is 0 Å². The highest BCUT2D eigenvalue weighted by atomic mass is 19.1. The SMILES string of the molecule is CCNC(CC(C)C(C)(C)C)c1cccc(OC)c1F. The lowest BCUT2D eigenvalue weighted by Gasteiger charge is -2.31. The van der Waals surface area contributed by atoms with Crippen LogP contribution in [-0.4, -0.2) is 13.7 Å². The van der Waals surface area contributed by atoms with E-state index in [4.69, 9.17) is 4.74 Å². The van der Waals surface area contributed by atoms with Gasteiger partial charge in [0.1, 0.15) is 0 Å². The van der Waals surface area contributed by atoms with E-state index >= 15 is 0 Å².